The molecule has 0 radical (unpaired) electrons. The molecule has 1 aromatic rings. The molecule has 0 unspecified atom stereocenters. The molecule has 0 aliphatic heterocycles. The van der Waals surface area contributed by atoms with E-state index < -0.39 is 0 Å². The molecule has 1 rings (SSSR count). The second kappa shape index (κ2) is 8.79. The van der Waals surface area contributed by atoms with E-state index >= 15 is 0 Å². The largest absolute Gasteiger partial charge is 0.463 e. The van der Waals surface area contributed by atoms with Crippen molar-refractivity contribution >= 4 is 0 Å². The molecule has 6 heteroatoms. The van der Waals surface area contributed by atoms with Crippen LogP contribution in [0.15, 0.2) is 6.20 Å². The summed E-state index contributed by atoms with van der Waals surface area (Å²) in [6, 6.07) is 0.335. The summed E-state index contributed by atoms with van der Waals surface area (Å²) in [4.78, 5) is 8.14. The van der Waals surface area contributed by atoms with Crippen molar-refractivity contribution in [2.24, 2.45) is 0 Å². The van der Waals surface area contributed by atoms with E-state index in [2.05, 4.69) is 9.97 Å². The molecule has 0 aromatic carbocycles. The van der Waals surface area contributed by atoms with Crippen LogP contribution in [0.1, 0.15) is 17.7 Å². The summed E-state index contributed by atoms with van der Waals surface area (Å²) in [5.41, 5.74) is 1.45. The van der Waals surface area contributed by atoms with Crippen LogP contribution < -0.4 is 4.74 Å². The molecule has 0 aliphatic carbocycles. The number of hydrogen-bond donors (Lipinski definition) is 1. The van der Waals surface area contributed by atoms with Gasteiger partial charge in [0.25, 0.3) is 0 Å². The van der Waals surface area contributed by atoms with Crippen LogP contribution in [0.3, 0.4) is 0 Å². The van der Waals surface area contributed by atoms with Crippen molar-refractivity contribution in [3.05, 3.63) is 17.5 Å². The first-order valence-corrected chi connectivity index (χ1v) is 5.90. The van der Waals surface area contributed by atoms with Crippen molar-refractivity contribution in [2.75, 3.05) is 33.5 Å². The Morgan fingerprint density at radius 1 is 1.22 bits per heavy atom. The van der Waals surface area contributed by atoms with E-state index in [-0.39, 0.29) is 6.61 Å². The fourth-order valence-electron chi connectivity index (χ4n) is 1.26. The number of aromatic nitrogens is 2. The SMILES string of the molecule is COCCOCCCOc1ncc(CO)c(C)n1. The van der Waals surface area contributed by atoms with Crippen LogP contribution in [0, 0.1) is 6.92 Å². The molecule has 0 spiro atoms. The van der Waals surface area contributed by atoms with Crippen LogP contribution in [0.4, 0.5) is 0 Å². The second-order valence-corrected chi connectivity index (χ2v) is 3.73. The van der Waals surface area contributed by atoms with Gasteiger partial charge in [-0.2, -0.15) is 0 Å². The molecular formula is C12H20N2O4. The molecule has 6 nitrogen and oxygen atoms in total. The number of hydrogen-bond acceptors (Lipinski definition) is 6. The maximum absolute atomic E-state index is 8.98. The minimum Gasteiger partial charge on any atom is -0.463 e. The number of nitrogens with zero attached hydrogens (tertiary/aromatic N) is 2. The van der Waals surface area contributed by atoms with E-state index in [1.54, 1.807) is 13.3 Å². The van der Waals surface area contributed by atoms with Gasteiger partial charge in [0.15, 0.2) is 0 Å². The Kier molecular flexibility index (Phi) is 7.24. The highest BCUT2D eigenvalue weighted by Crippen LogP contribution is 2.08. The molecule has 1 heterocycles. The van der Waals surface area contributed by atoms with Crippen molar-refractivity contribution in [1.82, 2.24) is 9.97 Å². The van der Waals surface area contributed by atoms with E-state index in [0.717, 1.165) is 12.1 Å². The standard InChI is InChI=1S/C12H20N2O4/c1-10-11(9-15)8-13-12(14-10)18-5-3-4-17-7-6-16-2/h8,15H,3-7,9H2,1-2H3. The van der Waals surface area contributed by atoms with Gasteiger partial charge in [-0.05, 0) is 6.92 Å². The summed E-state index contributed by atoms with van der Waals surface area (Å²) >= 11 is 0. The zero-order valence-electron chi connectivity index (χ0n) is 10.9. The van der Waals surface area contributed by atoms with E-state index in [4.69, 9.17) is 19.3 Å². The molecule has 0 amide bonds. The van der Waals surface area contributed by atoms with Crippen LogP contribution in [-0.2, 0) is 16.1 Å². The molecule has 18 heavy (non-hydrogen) atoms. The van der Waals surface area contributed by atoms with E-state index in [9.17, 15) is 0 Å². The van der Waals surface area contributed by atoms with Gasteiger partial charge in [0.05, 0.1) is 32.1 Å². The summed E-state index contributed by atoms with van der Waals surface area (Å²) in [7, 11) is 1.64. The fourth-order valence-corrected chi connectivity index (χ4v) is 1.26. The molecule has 102 valence electrons. The summed E-state index contributed by atoms with van der Waals surface area (Å²) in [5, 5.41) is 8.98. The van der Waals surface area contributed by atoms with Crippen LogP contribution in [0.25, 0.3) is 0 Å². The Hall–Kier alpha value is -1.24. The monoisotopic (exact) mass is 256 g/mol. The number of rotatable bonds is 9. The molecule has 0 bridgehead atoms. The van der Waals surface area contributed by atoms with Crippen LogP contribution in [-0.4, -0.2) is 48.6 Å². The maximum atomic E-state index is 8.98. The summed E-state index contributed by atoms with van der Waals surface area (Å²) < 4.78 is 15.5. The first-order chi connectivity index (χ1) is 8.77. The lowest BCUT2D eigenvalue weighted by Crippen LogP contribution is -2.08. The van der Waals surface area contributed by atoms with E-state index in [1.807, 2.05) is 6.92 Å². The van der Waals surface area contributed by atoms with Crippen molar-refractivity contribution in [3.8, 4) is 6.01 Å². The molecule has 0 saturated heterocycles. The number of aliphatic hydroxyl groups excluding tert-OH is 1. The molecule has 0 fully saturated rings. The average Bonchev–Trinajstić information content (AvgIpc) is 2.38. The lowest BCUT2D eigenvalue weighted by molar-refractivity contribution is 0.0639. The van der Waals surface area contributed by atoms with E-state index in [1.165, 1.54) is 0 Å². The quantitative estimate of drug-likeness (QED) is 0.656. The van der Waals surface area contributed by atoms with Gasteiger partial charge in [-0.15, -0.1) is 0 Å². The number of aryl methyl sites for hydroxylation is 1. The Morgan fingerprint density at radius 3 is 2.72 bits per heavy atom. The van der Waals surface area contributed by atoms with Gasteiger partial charge in [-0.1, -0.05) is 0 Å². The van der Waals surface area contributed by atoms with Gasteiger partial charge in [0.2, 0.25) is 0 Å². The Bertz CT molecular complexity index is 347. The second-order valence-electron chi connectivity index (χ2n) is 3.73. The highest BCUT2D eigenvalue weighted by molar-refractivity contribution is 5.16. The Balaban J connectivity index is 2.17. The molecule has 1 aromatic heterocycles. The zero-order valence-corrected chi connectivity index (χ0v) is 10.9. The van der Waals surface area contributed by atoms with E-state index in [0.29, 0.717) is 38.0 Å². The zero-order chi connectivity index (χ0) is 13.2. The first kappa shape index (κ1) is 14.8. The van der Waals surface area contributed by atoms with Crippen molar-refractivity contribution in [1.29, 1.82) is 0 Å². The smallest absolute Gasteiger partial charge is 0.316 e. The van der Waals surface area contributed by atoms with Crippen molar-refractivity contribution < 1.29 is 19.3 Å². The summed E-state index contributed by atoms with van der Waals surface area (Å²) in [6.45, 7) is 4.08. The predicted octanol–water partition coefficient (Wildman–Crippen LogP) is 0.709. The third-order valence-electron chi connectivity index (χ3n) is 2.33. The van der Waals surface area contributed by atoms with Crippen molar-refractivity contribution in [3.63, 3.8) is 0 Å². The summed E-state index contributed by atoms with van der Waals surface area (Å²) in [5.74, 6) is 0. The first-order valence-electron chi connectivity index (χ1n) is 5.90. The molecular weight excluding hydrogens is 236 g/mol. The van der Waals surface area contributed by atoms with Gasteiger partial charge in [0.1, 0.15) is 0 Å². The molecule has 0 atom stereocenters. The normalized spacial score (nSPS) is 10.6. The molecule has 0 saturated carbocycles. The van der Waals surface area contributed by atoms with Gasteiger partial charge >= 0.3 is 6.01 Å². The van der Waals surface area contributed by atoms with Crippen LogP contribution in [0.5, 0.6) is 6.01 Å². The minimum atomic E-state index is -0.0561. The highest BCUT2D eigenvalue weighted by atomic mass is 16.5. The van der Waals surface area contributed by atoms with Gasteiger partial charge in [0, 0.05) is 31.9 Å². The van der Waals surface area contributed by atoms with Gasteiger partial charge < -0.3 is 19.3 Å². The Labute approximate surface area is 107 Å². The maximum Gasteiger partial charge on any atom is 0.316 e. The Morgan fingerprint density at radius 2 is 2.06 bits per heavy atom. The third kappa shape index (κ3) is 5.39. The van der Waals surface area contributed by atoms with Crippen LogP contribution >= 0.6 is 0 Å². The topological polar surface area (TPSA) is 73.7 Å². The highest BCUT2D eigenvalue weighted by Gasteiger charge is 2.02. The number of ether oxygens (including phenoxy) is 3. The molecule has 1 N–H and O–H groups in total. The lowest BCUT2D eigenvalue weighted by Gasteiger charge is -2.07. The predicted molar refractivity (Wildman–Crippen MR) is 65.5 cm³/mol. The van der Waals surface area contributed by atoms with Crippen LogP contribution in [0.2, 0.25) is 0 Å². The van der Waals surface area contributed by atoms with Gasteiger partial charge in [-0.25, -0.2) is 9.97 Å². The average molecular weight is 256 g/mol. The van der Waals surface area contributed by atoms with Gasteiger partial charge in [-0.3, -0.25) is 0 Å². The number of aliphatic hydroxyl groups is 1. The number of methoxy groups -OCH3 is 1. The van der Waals surface area contributed by atoms with Crippen molar-refractivity contribution in [2.45, 2.75) is 20.0 Å². The summed E-state index contributed by atoms with van der Waals surface area (Å²) in [6.07, 6.45) is 2.35. The lowest BCUT2D eigenvalue weighted by atomic mass is 10.3. The third-order valence-corrected chi connectivity index (χ3v) is 2.33. The fraction of sp³-hybridized carbons (Fsp3) is 0.667. The minimum absolute atomic E-state index is 0.0561. The molecule has 0 aliphatic rings.